The molecule has 0 aliphatic carbocycles. The Morgan fingerprint density at radius 1 is 1.30 bits per heavy atom. The average molecular weight is 286 g/mol. The number of methoxy groups -OCH3 is 1. The molecule has 102 valence electrons. The van der Waals surface area contributed by atoms with Gasteiger partial charge < -0.3 is 15.8 Å². The van der Waals surface area contributed by atoms with E-state index >= 15 is 0 Å². The Bertz CT molecular complexity index is 741. The van der Waals surface area contributed by atoms with E-state index in [0.29, 0.717) is 6.61 Å². The van der Waals surface area contributed by atoms with Gasteiger partial charge in [-0.3, -0.25) is 0 Å². The second-order valence-electron chi connectivity index (χ2n) is 4.33. The molecule has 0 spiro atoms. The molecule has 0 atom stereocenters. The first-order chi connectivity index (χ1) is 9.76. The van der Waals surface area contributed by atoms with Crippen LogP contribution in [-0.4, -0.2) is 17.1 Å². The standard InChI is InChI=1S/C14H14N4OS/c1-19-8-9-3-2-4-10(7-9)16-12-11-5-6-20-13(11)18-14(15)17-12/h2-7H,8H2,1H3,(H3,15,16,17,18). The van der Waals surface area contributed by atoms with Gasteiger partial charge in [0.25, 0.3) is 0 Å². The van der Waals surface area contributed by atoms with Gasteiger partial charge in [-0.2, -0.15) is 4.98 Å². The quantitative estimate of drug-likeness (QED) is 0.770. The zero-order chi connectivity index (χ0) is 13.9. The highest BCUT2D eigenvalue weighted by Crippen LogP contribution is 2.28. The topological polar surface area (TPSA) is 73.1 Å². The fourth-order valence-electron chi connectivity index (χ4n) is 2.01. The molecular formula is C14H14N4OS. The van der Waals surface area contributed by atoms with Gasteiger partial charge in [0.1, 0.15) is 10.6 Å². The maximum Gasteiger partial charge on any atom is 0.223 e. The van der Waals surface area contributed by atoms with Crippen molar-refractivity contribution in [2.24, 2.45) is 0 Å². The number of hydrogen-bond acceptors (Lipinski definition) is 6. The first-order valence-electron chi connectivity index (χ1n) is 6.12. The lowest BCUT2D eigenvalue weighted by Gasteiger charge is -2.09. The summed E-state index contributed by atoms with van der Waals surface area (Å²) in [6.07, 6.45) is 0. The predicted octanol–water partition coefficient (Wildman–Crippen LogP) is 3.16. The number of benzene rings is 1. The summed E-state index contributed by atoms with van der Waals surface area (Å²) in [5.74, 6) is 0.999. The molecule has 1 aromatic carbocycles. The molecule has 0 fully saturated rings. The lowest BCUT2D eigenvalue weighted by atomic mass is 10.2. The Hall–Kier alpha value is -2.18. The molecule has 3 N–H and O–H groups in total. The van der Waals surface area contributed by atoms with Gasteiger partial charge >= 0.3 is 0 Å². The highest BCUT2D eigenvalue weighted by Gasteiger charge is 2.07. The number of nitrogens with zero attached hydrogens (tertiary/aromatic N) is 2. The summed E-state index contributed by atoms with van der Waals surface area (Å²) in [6, 6.07) is 9.99. The summed E-state index contributed by atoms with van der Waals surface area (Å²) in [4.78, 5) is 9.37. The zero-order valence-corrected chi connectivity index (χ0v) is 11.8. The summed E-state index contributed by atoms with van der Waals surface area (Å²) in [5, 5.41) is 6.24. The Morgan fingerprint density at radius 3 is 3.05 bits per heavy atom. The molecule has 0 unspecified atom stereocenters. The van der Waals surface area contributed by atoms with Crippen LogP contribution in [0.2, 0.25) is 0 Å². The number of hydrogen-bond donors (Lipinski definition) is 2. The summed E-state index contributed by atoms with van der Waals surface area (Å²) < 4.78 is 5.14. The maximum atomic E-state index is 5.74. The molecule has 0 radical (unpaired) electrons. The molecule has 20 heavy (non-hydrogen) atoms. The highest BCUT2D eigenvalue weighted by molar-refractivity contribution is 7.16. The van der Waals surface area contributed by atoms with Crippen LogP contribution < -0.4 is 11.1 Å². The van der Waals surface area contributed by atoms with Gasteiger partial charge in [0.2, 0.25) is 5.95 Å². The minimum atomic E-state index is 0.274. The van der Waals surface area contributed by atoms with E-state index in [0.717, 1.165) is 27.3 Å². The molecule has 2 heterocycles. The number of anilines is 3. The van der Waals surface area contributed by atoms with Crippen molar-refractivity contribution < 1.29 is 4.74 Å². The minimum absolute atomic E-state index is 0.274. The van der Waals surface area contributed by atoms with Gasteiger partial charge in [-0.25, -0.2) is 4.98 Å². The number of nitrogens with two attached hydrogens (primary N) is 1. The Morgan fingerprint density at radius 2 is 2.20 bits per heavy atom. The fraction of sp³-hybridized carbons (Fsp3) is 0.143. The van der Waals surface area contributed by atoms with Crippen LogP contribution in [0.5, 0.6) is 0 Å². The van der Waals surface area contributed by atoms with E-state index < -0.39 is 0 Å². The number of nitrogens with one attached hydrogen (secondary N) is 1. The van der Waals surface area contributed by atoms with Crippen molar-refractivity contribution in [2.45, 2.75) is 6.61 Å². The lowest BCUT2D eigenvalue weighted by Crippen LogP contribution is -2.00. The molecule has 0 aliphatic heterocycles. The van der Waals surface area contributed by atoms with E-state index in [2.05, 4.69) is 15.3 Å². The summed E-state index contributed by atoms with van der Waals surface area (Å²) in [5.41, 5.74) is 7.79. The molecule has 0 amide bonds. The van der Waals surface area contributed by atoms with Crippen molar-refractivity contribution in [3.8, 4) is 0 Å². The molecule has 0 saturated heterocycles. The van der Waals surface area contributed by atoms with Gasteiger partial charge in [-0.15, -0.1) is 11.3 Å². The van der Waals surface area contributed by atoms with Crippen LogP contribution in [0.1, 0.15) is 5.56 Å². The molecule has 0 bridgehead atoms. The average Bonchev–Trinajstić information content (AvgIpc) is 2.87. The minimum Gasteiger partial charge on any atom is -0.380 e. The van der Waals surface area contributed by atoms with E-state index in [1.54, 1.807) is 18.4 Å². The van der Waals surface area contributed by atoms with E-state index in [1.165, 1.54) is 0 Å². The molecule has 6 heteroatoms. The Balaban J connectivity index is 1.96. The van der Waals surface area contributed by atoms with Gasteiger partial charge in [-0.05, 0) is 29.1 Å². The molecule has 5 nitrogen and oxygen atoms in total. The van der Waals surface area contributed by atoms with E-state index in [-0.39, 0.29) is 5.95 Å². The number of nitrogen functional groups attached to an aromatic ring is 1. The monoisotopic (exact) mass is 286 g/mol. The number of aromatic nitrogens is 2. The highest BCUT2D eigenvalue weighted by atomic mass is 32.1. The summed E-state index contributed by atoms with van der Waals surface area (Å²) in [7, 11) is 1.68. The number of ether oxygens (including phenoxy) is 1. The molecule has 3 aromatic rings. The normalized spacial score (nSPS) is 10.8. The van der Waals surface area contributed by atoms with Gasteiger partial charge in [0.15, 0.2) is 0 Å². The van der Waals surface area contributed by atoms with Gasteiger partial charge in [0, 0.05) is 12.8 Å². The molecule has 3 rings (SSSR count). The van der Waals surface area contributed by atoms with Crippen LogP contribution in [-0.2, 0) is 11.3 Å². The second kappa shape index (κ2) is 5.44. The Labute approximate surface area is 120 Å². The number of rotatable bonds is 4. The SMILES string of the molecule is COCc1cccc(Nc2nc(N)nc3sccc23)c1. The third-order valence-corrected chi connectivity index (χ3v) is 3.65. The van der Waals surface area contributed by atoms with Crippen LogP contribution in [0.25, 0.3) is 10.2 Å². The van der Waals surface area contributed by atoms with Crippen molar-refractivity contribution in [3.63, 3.8) is 0 Å². The van der Waals surface area contributed by atoms with Crippen molar-refractivity contribution in [2.75, 3.05) is 18.2 Å². The van der Waals surface area contributed by atoms with E-state index in [9.17, 15) is 0 Å². The molecule has 0 saturated carbocycles. The number of thiophene rings is 1. The van der Waals surface area contributed by atoms with Crippen LogP contribution in [0.4, 0.5) is 17.5 Å². The largest absolute Gasteiger partial charge is 0.380 e. The summed E-state index contributed by atoms with van der Waals surface area (Å²) >= 11 is 1.55. The van der Waals surface area contributed by atoms with Crippen LogP contribution >= 0.6 is 11.3 Å². The van der Waals surface area contributed by atoms with Gasteiger partial charge in [-0.1, -0.05) is 12.1 Å². The molecular weight excluding hydrogens is 272 g/mol. The molecule has 0 aliphatic rings. The molecule has 2 aromatic heterocycles. The first-order valence-corrected chi connectivity index (χ1v) is 7.00. The zero-order valence-electron chi connectivity index (χ0n) is 11.0. The Kier molecular flexibility index (Phi) is 3.49. The maximum absolute atomic E-state index is 5.74. The first kappa shape index (κ1) is 12.8. The van der Waals surface area contributed by atoms with Crippen molar-refractivity contribution in [1.82, 2.24) is 9.97 Å². The van der Waals surface area contributed by atoms with Crippen LogP contribution in [0.15, 0.2) is 35.7 Å². The fourth-order valence-corrected chi connectivity index (χ4v) is 2.78. The van der Waals surface area contributed by atoms with Crippen LogP contribution in [0.3, 0.4) is 0 Å². The van der Waals surface area contributed by atoms with E-state index in [1.807, 2.05) is 35.7 Å². The third-order valence-electron chi connectivity index (χ3n) is 2.84. The van der Waals surface area contributed by atoms with Crippen molar-refractivity contribution in [3.05, 3.63) is 41.3 Å². The van der Waals surface area contributed by atoms with Crippen molar-refractivity contribution >= 4 is 39.0 Å². The number of fused-ring (bicyclic) bond motifs is 1. The van der Waals surface area contributed by atoms with Gasteiger partial charge in [0.05, 0.1) is 12.0 Å². The second-order valence-corrected chi connectivity index (χ2v) is 5.22. The van der Waals surface area contributed by atoms with E-state index in [4.69, 9.17) is 10.5 Å². The smallest absolute Gasteiger partial charge is 0.223 e. The lowest BCUT2D eigenvalue weighted by molar-refractivity contribution is 0.185. The van der Waals surface area contributed by atoms with Crippen LogP contribution in [0, 0.1) is 0 Å². The third kappa shape index (κ3) is 2.56. The summed E-state index contributed by atoms with van der Waals surface area (Å²) in [6.45, 7) is 0.579. The predicted molar refractivity (Wildman–Crippen MR) is 82.3 cm³/mol. The van der Waals surface area contributed by atoms with Crippen molar-refractivity contribution in [1.29, 1.82) is 0 Å².